The molecule has 1 aromatic carbocycles. The van der Waals surface area contributed by atoms with E-state index in [1.807, 2.05) is 0 Å². The minimum atomic E-state index is -0.772. The third-order valence-electron chi connectivity index (χ3n) is 3.93. The van der Waals surface area contributed by atoms with Gasteiger partial charge in [-0.25, -0.2) is 0 Å². The normalized spacial score (nSPS) is 18.9. The first-order valence-electron chi connectivity index (χ1n) is 7.71. The number of benzene rings is 1. The van der Waals surface area contributed by atoms with Crippen molar-refractivity contribution in [3.63, 3.8) is 0 Å². The molecule has 1 unspecified atom stereocenters. The van der Waals surface area contributed by atoms with Gasteiger partial charge < -0.3 is 5.32 Å². The molecule has 2 heteroatoms. The molecule has 0 aliphatic carbocycles. The second-order valence-electron chi connectivity index (χ2n) is 6.55. The minimum absolute atomic E-state index is 0.335. The highest BCUT2D eigenvalue weighted by molar-refractivity contribution is 6.65. The van der Waals surface area contributed by atoms with E-state index in [1.165, 1.54) is 17.5 Å². The summed E-state index contributed by atoms with van der Waals surface area (Å²) in [5.41, 5.74) is 4.34. The van der Waals surface area contributed by atoms with Crippen LogP contribution in [-0.2, 0) is 0 Å². The van der Waals surface area contributed by atoms with Crippen LogP contribution in [0.2, 0.25) is 13.1 Å². The molecule has 1 aliphatic heterocycles. The summed E-state index contributed by atoms with van der Waals surface area (Å²) in [6.07, 6.45) is 5.96. The number of allylic oxidation sites excluding steroid dienone is 2. The van der Waals surface area contributed by atoms with E-state index in [2.05, 4.69) is 75.7 Å². The molecule has 1 aliphatic rings. The van der Waals surface area contributed by atoms with E-state index < -0.39 is 8.80 Å². The van der Waals surface area contributed by atoms with Crippen molar-refractivity contribution in [1.29, 1.82) is 0 Å². The number of nitrogens with one attached hydrogen (secondary N) is 1. The predicted molar refractivity (Wildman–Crippen MR) is 91.6 cm³/mol. The summed E-state index contributed by atoms with van der Waals surface area (Å²) in [6, 6.07) is 9.02. The zero-order valence-electron chi connectivity index (χ0n) is 13.4. The fraction of sp³-hybridized carbons (Fsp3) is 0.444. The van der Waals surface area contributed by atoms with Gasteiger partial charge in [0.15, 0.2) is 0 Å². The summed E-state index contributed by atoms with van der Waals surface area (Å²) in [5.74, 6) is 0.716. The molecule has 0 radical (unpaired) electrons. The first-order valence-corrected chi connectivity index (χ1v) is 10.6. The van der Waals surface area contributed by atoms with Gasteiger partial charge in [0.25, 0.3) is 0 Å². The van der Waals surface area contributed by atoms with Crippen LogP contribution < -0.4 is 5.32 Å². The van der Waals surface area contributed by atoms with E-state index in [1.54, 1.807) is 10.8 Å². The van der Waals surface area contributed by atoms with Crippen molar-refractivity contribution >= 4 is 8.80 Å². The molecule has 0 amide bonds. The van der Waals surface area contributed by atoms with Crippen molar-refractivity contribution in [2.45, 2.75) is 46.3 Å². The molecule has 0 spiro atoms. The van der Waals surface area contributed by atoms with Crippen molar-refractivity contribution in [2.75, 3.05) is 0 Å². The molecule has 0 saturated heterocycles. The molecule has 108 valence electrons. The van der Waals surface area contributed by atoms with Crippen LogP contribution in [-0.4, -0.2) is 8.80 Å². The maximum atomic E-state index is 3.61. The average Bonchev–Trinajstić information content (AvgIpc) is 2.38. The van der Waals surface area contributed by atoms with Crippen LogP contribution in [0, 0.1) is 12.8 Å². The lowest BCUT2D eigenvalue weighted by atomic mass is 9.94. The van der Waals surface area contributed by atoms with Crippen molar-refractivity contribution in [3.05, 3.63) is 58.4 Å². The van der Waals surface area contributed by atoms with E-state index in [-0.39, 0.29) is 0 Å². The third kappa shape index (κ3) is 3.43. The predicted octanol–water partition coefficient (Wildman–Crippen LogP) is 4.52. The Kier molecular flexibility index (Phi) is 4.87. The summed E-state index contributed by atoms with van der Waals surface area (Å²) in [5, 5.41) is 5.21. The van der Waals surface area contributed by atoms with Gasteiger partial charge >= 0.3 is 0 Å². The summed E-state index contributed by atoms with van der Waals surface area (Å²) >= 11 is 0. The molecule has 2 rings (SSSR count). The van der Waals surface area contributed by atoms with Crippen LogP contribution in [0.15, 0.2) is 47.3 Å². The Bertz CT molecular complexity index is 526. The fourth-order valence-electron chi connectivity index (χ4n) is 2.90. The molecule has 20 heavy (non-hydrogen) atoms. The standard InChI is InChI=1S/C18H27NSi/c1-13(2)10-15-11-17(19-12-18(15)20(4)5)16-9-7-6-8-14(16)3/h6-9,11-13,17,19-20H,10H2,1-5H3. The van der Waals surface area contributed by atoms with Gasteiger partial charge in [0.05, 0.1) is 14.8 Å². The minimum Gasteiger partial charge on any atom is -0.381 e. The van der Waals surface area contributed by atoms with Crippen LogP contribution in [0.5, 0.6) is 0 Å². The Balaban J connectivity index is 2.31. The largest absolute Gasteiger partial charge is 0.381 e. The fourth-order valence-corrected chi connectivity index (χ4v) is 4.28. The van der Waals surface area contributed by atoms with Gasteiger partial charge in [0, 0.05) is 0 Å². The Morgan fingerprint density at radius 3 is 2.50 bits per heavy atom. The van der Waals surface area contributed by atoms with E-state index in [0.717, 1.165) is 0 Å². The van der Waals surface area contributed by atoms with Crippen LogP contribution in [0.4, 0.5) is 0 Å². The Labute approximate surface area is 125 Å². The molecule has 1 nitrogen and oxygen atoms in total. The number of hydrogen-bond acceptors (Lipinski definition) is 1. The first-order chi connectivity index (χ1) is 9.49. The summed E-state index contributed by atoms with van der Waals surface area (Å²) in [7, 11) is -0.772. The molecule has 0 saturated carbocycles. The Morgan fingerprint density at radius 1 is 1.20 bits per heavy atom. The lowest BCUT2D eigenvalue weighted by Gasteiger charge is -2.27. The maximum Gasteiger partial charge on any atom is 0.0700 e. The highest BCUT2D eigenvalue weighted by Crippen LogP contribution is 2.30. The maximum absolute atomic E-state index is 3.61. The lowest BCUT2D eigenvalue weighted by molar-refractivity contribution is 0.631. The summed E-state index contributed by atoms with van der Waals surface area (Å²) in [4.78, 5) is 0. The van der Waals surface area contributed by atoms with Gasteiger partial charge in [0.2, 0.25) is 0 Å². The Hall–Kier alpha value is -1.28. The SMILES string of the molecule is Cc1ccccc1C1C=C(CC(C)C)C([SiH](C)C)=CN1. The van der Waals surface area contributed by atoms with E-state index in [0.29, 0.717) is 12.0 Å². The van der Waals surface area contributed by atoms with Crippen LogP contribution >= 0.6 is 0 Å². The smallest absolute Gasteiger partial charge is 0.0700 e. The molecule has 1 atom stereocenters. The van der Waals surface area contributed by atoms with E-state index >= 15 is 0 Å². The van der Waals surface area contributed by atoms with Crippen LogP contribution in [0.3, 0.4) is 0 Å². The zero-order chi connectivity index (χ0) is 14.7. The van der Waals surface area contributed by atoms with Crippen LogP contribution in [0.25, 0.3) is 0 Å². The molecular formula is C18H27NSi. The molecule has 0 fully saturated rings. The van der Waals surface area contributed by atoms with Gasteiger partial charge in [-0.3, -0.25) is 0 Å². The number of dihydropyridines is 1. The molecule has 1 aromatic rings. The highest BCUT2D eigenvalue weighted by Gasteiger charge is 2.20. The molecule has 1 N–H and O–H groups in total. The molecule has 0 aromatic heterocycles. The number of aryl methyl sites for hydroxylation is 1. The lowest BCUT2D eigenvalue weighted by Crippen LogP contribution is -2.24. The first kappa shape index (κ1) is 15.1. The van der Waals surface area contributed by atoms with Crippen molar-refractivity contribution < 1.29 is 0 Å². The van der Waals surface area contributed by atoms with Gasteiger partial charge in [-0.05, 0) is 47.4 Å². The van der Waals surface area contributed by atoms with Crippen LogP contribution in [0.1, 0.15) is 37.4 Å². The van der Waals surface area contributed by atoms with E-state index in [9.17, 15) is 0 Å². The molecular weight excluding hydrogens is 258 g/mol. The number of hydrogen-bond donors (Lipinski definition) is 1. The quantitative estimate of drug-likeness (QED) is 0.802. The molecule has 0 bridgehead atoms. The van der Waals surface area contributed by atoms with Crippen molar-refractivity contribution in [3.8, 4) is 0 Å². The zero-order valence-corrected chi connectivity index (χ0v) is 14.6. The highest BCUT2D eigenvalue weighted by atomic mass is 28.3. The van der Waals surface area contributed by atoms with Crippen molar-refractivity contribution in [2.24, 2.45) is 5.92 Å². The van der Waals surface area contributed by atoms with Gasteiger partial charge in [-0.15, -0.1) is 0 Å². The van der Waals surface area contributed by atoms with Gasteiger partial charge in [-0.1, -0.05) is 57.3 Å². The second kappa shape index (κ2) is 6.44. The second-order valence-corrected chi connectivity index (χ2v) is 9.48. The number of rotatable bonds is 4. The van der Waals surface area contributed by atoms with E-state index in [4.69, 9.17) is 0 Å². The van der Waals surface area contributed by atoms with Crippen molar-refractivity contribution in [1.82, 2.24) is 5.32 Å². The topological polar surface area (TPSA) is 12.0 Å². The van der Waals surface area contributed by atoms with Gasteiger partial charge in [-0.2, -0.15) is 0 Å². The monoisotopic (exact) mass is 285 g/mol. The van der Waals surface area contributed by atoms with Gasteiger partial charge in [0.1, 0.15) is 0 Å². The third-order valence-corrected chi connectivity index (χ3v) is 5.71. The average molecular weight is 286 g/mol. The Morgan fingerprint density at radius 2 is 1.90 bits per heavy atom. The molecule has 1 heterocycles. The summed E-state index contributed by atoms with van der Waals surface area (Å²) < 4.78 is 0. The summed E-state index contributed by atoms with van der Waals surface area (Å²) in [6.45, 7) is 11.6.